The molecule has 0 heterocycles. The van der Waals surface area contributed by atoms with Gasteiger partial charge in [-0.1, -0.05) is 0 Å². The maximum absolute atomic E-state index is 12.1. The van der Waals surface area contributed by atoms with E-state index in [1.165, 1.54) is 37.4 Å². The highest BCUT2D eigenvalue weighted by Crippen LogP contribution is 2.26. The molecule has 25 heavy (non-hydrogen) atoms. The summed E-state index contributed by atoms with van der Waals surface area (Å²) in [6.45, 7) is -2.97. The fraction of sp³-hybridized carbons (Fsp3) is 0.133. The van der Waals surface area contributed by atoms with Gasteiger partial charge in [0.05, 0.1) is 0 Å². The smallest absolute Gasteiger partial charge is 0.387 e. The third-order valence-corrected chi connectivity index (χ3v) is 4.56. The molecular formula is C15H14F2N2O5S. The van der Waals surface area contributed by atoms with E-state index < -0.39 is 33.2 Å². The second kappa shape index (κ2) is 7.45. The van der Waals surface area contributed by atoms with E-state index >= 15 is 0 Å². The maximum Gasteiger partial charge on any atom is 0.387 e. The molecule has 0 saturated carbocycles. The molecular weight excluding hydrogens is 358 g/mol. The van der Waals surface area contributed by atoms with Gasteiger partial charge in [0, 0.05) is 11.3 Å². The highest BCUT2D eigenvalue weighted by Gasteiger charge is 2.18. The van der Waals surface area contributed by atoms with Crippen LogP contribution in [0.5, 0.6) is 11.5 Å². The van der Waals surface area contributed by atoms with Crippen LogP contribution in [0.3, 0.4) is 0 Å². The molecule has 0 unspecified atom stereocenters. The summed E-state index contributed by atoms with van der Waals surface area (Å²) in [5.74, 6) is -1.17. The number of alkyl halides is 2. The van der Waals surface area contributed by atoms with Gasteiger partial charge in [-0.05, 0) is 49.5 Å². The Hall–Kier alpha value is -2.72. The second-order valence-corrected chi connectivity index (χ2v) is 6.60. The van der Waals surface area contributed by atoms with Crippen molar-refractivity contribution in [3.8, 4) is 11.5 Å². The van der Waals surface area contributed by atoms with Crippen molar-refractivity contribution in [2.75, 3.05) is 12.4 Å². The molecule has 0 fully saturated rings. The van der Waals surface area contributed by atoms with Gasteiger partial charge in [-0.2, -0.15) is 8.78 Å². The molecule has 7 nitrogen and oxygen atoms in total. The van der Waals surface area contributed by atoms with Crippen molar-refractivity contribution in [1.82, 2.24) is 4.72 Å². The molecule has 2 aromatic carbocycles. The van der Waals surface area contributed by atoms with Crippen molar-refractivity contribution in [3.63, 3.8) is 0 Å². The summed E-state index contributed by atoms with van der Waals surface area (Å²) in [5, 5.41) is 12.1. The van der Waals surface area contributed by atoms with Crippen LogP contribution in [0.25, 0.3) is 0 Å². The number of amides is 1. The predicted octanol–water partition coefficient (Wildman–Crippen LogP) is 2.15. The lowest BCUT2D eigenvalue weighted by atomic mass is 10.2. The number of aromatic hydroxyl groups is 1. The highest BCUT2D eigenvalue weighted by atomic mass is 32.2. The molecule has 0 aliphatic carbocycles. The topological polar surface area (TPSA) is 105 Å². The molecule has 0 radical (unpaired) electrons. The Morgan fingerprint density at radius 3 is 2.36 bits per heavy atom. The van der Waals surface area contributed by atoms with Gasteiger partial charge in [0.1, 0.15) is 16.4 Å². The molecule has 0 aliphatic rings. The lowest BCUT2D eigenvalue weighted by Crippen LogP contribution is -2.19. The molecule has 0 aliphatic heterocycles. The molecule has 2 rings (SSSR count). The first-order chi connectivity index (χ1) is 11.7. The van der Waals surface area contributed by atoms with Gasteiger partial charge < -0.3 is 15.2 Å². The van der Waals surface area contributed by atoms with E-state index in [-0.39, 0.29) is 17.0 Å². The Balaban J connectivity index is 2.19. The number of ether oxygens (including phenoxy) is 1. The van der Waals surface area contributed by atoms with Gasteiger partial charge in [-0.3, -0.25) is 4.79 Å². The van der Waals surface area contributed by atoms with Crippen LogP contribution in [0, 0.1) is 0 Å². The second-order valence-electron chi connectivity index (χ2n) is 4.75. The summed E-state index contributed by atoms with van der Waals surface area (Å²) in [4.78, 5) is 11.7. The number of phenols is 1. The van der Waals surface area contributed by atoms with Gasteiger partial charge in [0.2, 0.25) is 10.0 Å². The fourth-order valence-corrected chi connectivity index (χ4v) is 2.75. The number of phenolic OH excluding ortho intramolecular Hbond substituents is 1. The van der Waals surface area contributed by atoms with E-state index in [9.17, 15) is 27.1 Å². The molecule has 0 bridgehead atoms. The average molecular weight is 372 g/mol. The van der Waals surface area contributed by atoms with Gasteiger partial charge in [0.15, 0.2) is 0 Å². The zero-order chi connectivity index (χ0) is 18.6. The molecule has 1 amide bonds. The van der Waals surface area contributed by atoms with Crippen molar-refractivity contribution in [3.05, 3.63) is 48.0 Å². The first-order valence-corrected chi connectivity index (χ1v) is 8.34. The van der Waals surface area contributed by atoms with Gasteiger partial charge in [-0.15, -0.1) is 0 Å². The number of sulfonamides is 1. The van der Waals surface area contributed by atoms with E-state index in [1.54, 1.807) is 0 Å². The van der Waals surface area contributed by atoms with Crippen LogP contribution in [-0.2, 0) is 10.0 Å². The van der Waals surface area contributed by atoms with Crippen molar-refractivity contribution in [1.29, 1.82) is 0 Å². The van der Waals surface area contributed by atoms with Crippen molar-refractivity contribution < 1.29 is 31.8 Å². The van der Waals surface area contributed by atoms with Gasteiger partial charge in [0.25, 0.3) is 5.91 Å². The summed E-state index contributed by atoms with van der Waals surface area (Å²) in [6, 6.07) is 8.49. The number of carbonyl (C=O) groups is 1. The number of carbonyl (C=O) groups excluding carboxylic acids is 1. The summed E-state index contributed by atoms with van der Waals surface area (Å²) >= 11 is 0. The van der Waals surface area contributed by atoms with E-state index in [1.807, 2.05) is 0 Å². The van der Waals surface area contributed by atoms with E-state index in [0.717, 1.165) is 12.1 Å². The van der Waals surface area contributed by atoms with Crippen LogP contribution in [0.4, 0.5) is 14.5 Å². The largest absolute Gasteiger partial charge is 0.507 e. The zero-order valence-corrected chi connectivity index (χ0v) is 13.7. The number of anilines is 1. The Morgan fingerprint density at radius 1 is 1.16 bits per heavy atom. The summed E-state index contributed by atoms with van der Waals surface area (Å²) in [7, 11) is -2.72. The van der Waals surface area contributed by atoms with E-state index in [0.29, 0.717) is 0 Å². The van der Waals surface area contributed by atoms with E-state index in [2.05, 4.69) is 14.8 Å². The monoisotopic (exact) mass is 372 g/mol. The van der Waals surface area contributed by atoms with Crippen LogP contribution in [0.1, 0.15) is 10.4 Å². The lowest BCUT2D eigenvalue weighted by Gasteiger charge is -2.10. The minimum Gasteiger partial charge on any atom is -0.507 e. The van der Waals surface area contributed by atoms with Crippen LogP contribution >= 0.6 is 0 Å². The number of nitrogens with one attached hydrogen (secondary N) is 2. The molecule has 0 spiro atoms. The Labute approximate surface area is 142 Å². The minimum absolute atomic E-state index is 0.0985. The zero-order valence-electron chi connectivity index (χ0n) is 12.9. The van der Waals surface area contributed by atoms with E-state index in [4.69, 9.17) is 0 Å². The highest BCUT2D eigenvalue weighted by molar-refractivity contribution is 7.89. The summed E-state index contributed by atoms with van der Waals surface area (Å²) in [5.41, 5.74) is 0.275. The van der Waals surface area contributed by atoms with Crippen LogP contribution in [0.15, 0.2) is 47.4 Å². The summed E-state index contributed by atoms with van der Waals surface area (Å²) < 4.78 is 54.0. The van der Waals surface area contributed by atoms with Crippen molar-refractivity contribution in [2.24, 2.45) is 0 Å². The van der Waals surface area contributed by atoms with Crippen LogP contribution < -0.4 is 14.8 Å². The van der Waals surface area contributed by atoms with Crippen LogP contribution in [0.2, 0.25) is 0 Å². The first kappa shape index (κ1) is 18.6. The molecule has 134 valence electrons. The molecule has 0 aromatic heterocycles. The normalized spacial score (nSPS) is 11.4. The predicted molar refractivity (Wildman–Crippen MR) is 85.4 cm³/mol. The van der Waals surface area contributed by atoms with Gasteiger partial charge in [-0.25, -0.2) is 13.1 Å². The summed E-state index contributed by atoms with van der Waals surface area (Å²) in [6.07, 6.45) is 0. The number of halogens is 2. The standard InChI is InChI=1S/C15H14F2N2O5S/c1-18-25(22,23)13-8-10(4-7-12(13)20)19-14(21)9-2-5-11(6-3-9)24-15(16)17/h2-8,15,18,20H,1H3,(H,19,21). The Morgan fingerprint density at radius 2 is 1.80 bits per heavy atom. The molecule has 2 aromatic rings. The van der Waals surface area contributed by atoms with Gasteiger partial charge >= 0.3 is 6.61 Å². The molecule has 0 saturated heterocycles. The third-order valence-electron chi connectivity index (χ3n) is 3.12. The number of hydrogen-bond donors (Lipinski definition) is 3. The number of benzene rings is 2. The number of hydrogen-bond acceptors (Lipinski definition) is 5. The molecule has 10 heteroatoms. The van der Waals surface area contributed by atoms with Crippen LogP contribution in [-0.4, -0.2) is 33.1 Å². The lowest BCUT2D eigenvalue weighted by molar-refractivity contribution is -0.0498. The maximum atomic E-state index is 12.1. The first-order valence-electron chi connectivity index (χ1n) is 6.85. The third kappa shape index (κ3) is 4.64. The van der Waals surface area contributed by atoms with Crippen molar-refractivity contribution in [2.45, 2.75) is 11.5 Å². The average Bonchev–Trinajstić information content (AvgIpc) is 2.56. The fourth-order valence-electron chi connectivity index (χ4n) is 1.91. The Bertz CT molecular complexity index is 870. The molecule has 3 N–H and O–H groups in total. The molecule has 0 atom stereocenters. The van der Waals surface area contributed by atoms with Crippen molar-refractivity contribution >= 4 is 21.6 Å². The Kier molecular flexibility index (Phi) is 5.55. The number of rotatable bonds is 6. The minimum atomic E-state index is -3.91. The quantitative estimate of drug-likeness (QED) is 0.674. The SMILES string of the molecule is CNS(=O)(=O)c1cc(NC(=O)c2ccc(OC(F)F)cc2)ccc1O.